The van der Waals surface area contributed by atoms with Crippen LogP contribution in [0.2, 0.25) is 0 Å². The number of aromatic nitrogens is 1. The number of piperazine rings is 1. The van der Waals surface area contributed by atoms with Gasteiger partial charge in [-0.3, -0.25) is 19.3 Å². The topological polar surface area (TPSA) is 107 Å². The van der Waals surface area contributed by atoms with Crippen LogP contribution in [0.5, 0.6) is 0 Å². The summed E-state index contributed by atoms with van der Waals surface area (Å²) in [7, 11) is 2.10. The summed E-state index contributed by atoms with van der Waals surface area (Å²) < 4.78 is 1.06. The van der Waals surface area contributed by atoms with Crippen LogP contribution in [-0.2, 0) is 27.2 Å². The van der Waals surface area contributed by atoms with Crippen molar-refractivity contribution in [3.63, 3.8) is 0 Å². The van der Waals surface area contributed by atoms with Gasteiger partial charge in [0.05, 0.1) is 21.3 Å². The zero-order valence-electron chi connectivity index (χ0n) is 26.4. The van der Waals surface area contributed by atoms with Gasteiger partial charge < -0.3 is 20.9 Å². The van der Waals surface area contributed by atoms with E-state index in [-0.39, 0.29) is 37.1 Å². The standard InChI is InChI=1S/C34H46N6O3S/c1-6-31(41)37-29(20-32-38-28-13-12-26(23(2)3)19-30(28)44-32)34(43)36-27(18-25-10-8-7-9-11-25)21-35-33(42)24(4)22-40-16-14-39(5)15-17-40/h7-13,19,23,27,29H,4,6,14-18,20-22H2,1-3,5H3,(H,35,42)(H,36,43)(H,37,41)/t27-,29-/m0/s1. The van der Waals surface area contributed by atoms with E-state index in [1.807, 2.05) is 36.4 Å². The highest BCUT2D eigenvalue weighted by molar-refractivity contribution is 7.18. The first-order valence-corrected chi connectivity index (χ1v) is 16.3. The first kappa shape index (κ1) is 33.3. The molecular formula is C34H46N6O3S. The maximum absolute atomic E-state index is 13.7. The summed E-state index contributed by atoms with van der Waals surface area (Å²) in [6, 6.07) is 14.9. The van der Waals surface area contributed by atoms with E-state index in [1.54, 1.807) is 18.3 Å². The summed E-state index contributed by atoms with van der Waals surface area (Å²) in [5, 5.41) is 9.79. The van der Waals surface area contributed by atoms with Crippen LogP contribution in [0.25, 0.3) is 10.2 Å². The third-order valence-corrected chi connectivity index (χ3v) is 9.03. The third kappa shape index (κ3) is 9.70. The van der Waals surface area contributed by atoms with Gasteiger partial charge in [0.15, 0.2) is 0 Å². The monoisotopic (exact) mass is 618 g/mol. The second-order valence-corrected chi connectivity index (χ2v) is 13.1. The molecule has 2 aromatic carbocycles. The molecule has 3 N–H and O–H groups in total. The molecule has 4 rings (SSSR count). The number of fused-ring (bicyclic) bond motifs is 1. The van der Waals surface area contributed by atoms with Gasteiger partial charge in [0.25, 0.3) is 0 Å². The van der Waals surface area contributed by atoms with Crippen LogP contribution < -0.4 is 16.0 Å². The molecular weight excluding hydrogens is 572 g/mol. The summed E-state index contributed by atoms with van der Waals surface area (Å²) in [6.45, 7) is 14.6. The molecule has 0 bridgehead atoms. The molecule has 0 radical (unpaired) electrons. The summed E-state index contributed by atoms with van der Waals surface area (Å²) in [6.07, 6.45) is 1.06. The second-order valence-electron chi connectivity index (χ2n) is 12.0. The number of benzene rings is 2. The van der Waals surface area contributed by atoms with Gasteiger partial charge in [-0.25, -0.2) is 4.98 Å². The smallest absolute Gasteiger partial charge is 0.247 e. The number of carbonyl (C=O) groups is 3. The average molecular weight is 619 g/mol. The van der Waals surface area contributed by atoms with E-state index >= 15 is 0 Å². The SMILES string of the molecule is C=C(CN1CCN(C)CC1)C(=O)NC[C@H](Cc1ccccc1)NC(=O)[C@H](Cc1nc2ccc(C(C)C)cc2s1)NC(=O)CC. The maximum atomic E-state index is 13.7. The van der Waals surface area contributed by atoms with E-state index in [0.717, 1.165) is 47.0 Å². The van der Waals surface area contributed by atoms with Crippen molar-refractivity contribution in [2.24, 2.45) is 0 Å². The predicted octanol–water partition coefficient (Wildman–Crippen LogP) is 3.50. The number of carbonyl (C=O) groups excluding carboxylic acids is 3. The molecule has 0 saturated carbocycles. The minimum absolute atomic E-state index is 0.207. The summed E-state index contributed by atoms with van der Waals surface area (Å²) >= 11 is 1.55. The Morgan fingerprint density at radius 3 is 2.41 bits per heavy atom. The van der Waals surface area contributed by atoms with E-state index in [4.69, 9.17) is 4.98 Å². The van der Waals surface area contributed by atoms with Crippen molar-refractivity contribution >= 4 is 39.3 Å². The number of hydrogen-bond donors (Lipinski definition) is 3. The minimum Gasteiger partial charge on any atom is -0.350 e. The van der Waals surface area contributed by atoms with Crippen molar-refractivity contribution < 1.29 is 14.4 Å². The van der Waals surface area contributed by atoms with Crippen molar-refractivity contribution in [1.82, 2.24) is 30.7 Å². The number of amides is 3. The Balaban J connectivity index is 1.45. The van der Waals surface area contributed by atoms with Gasteiger partial charge in [0.1, 0.15) is 6.04 Å². The Kier molecular flexibility index (Phi) is 12.1. The molecule has 236 valence electrons. The average Bonchev–Trinajstić information content (AvgIpc) is 3.42. The molecule has 44 heavy (non-hydrogen) atoms. The summed E-state index contributed by atoms with van der Waals surface area (Å²) in [5.41, 5.74) is 3.66. The molecule has 2 heterocycles. The van der Waals surface area contributed by atoms with Crippen molar-refractivity contribution in [2.45, 2.75) is 58.0 Å². The van der Waals surface area contributed by atoms with E-state index < -0.39 is 12.1 Å². The van der Waals surface area contributed by atoms with Crippen LogP contribution in [-0.4, -0.2) is 90.9 Å². The molecule has 0 unspecified atom stereocenters. The molecule has 10 heteroatoms. The lowest BCUT2D eigenvalue weighted by atomic mass is 10.0. The number of thiazole rings is 1. The van der Waals surface area contributed by atoms with Crippen LogP contribution >= 0.6 is 11.3 Å². The van der Waals surface area contributed by atoms with E-state index in [9.17, 15) is 14.4 Å². The summed E-state index contributed by atoms with van der Waals surface area (Å²) in [4.78, 5) is 48.5. The molecule has 1 aliphatic rings. The molecule has 3 amide bonds. The number of rotatable bonds is 14. The Morgan fingerprint density at radius 1 is 1.00 bits per heavy atom. The molecule has 1 aromatic heterocycles. The molecule has 1 aliphatic heterocycles. The maximum Gasteiger partial charge on any atom is 0.247 e. The fraction of sp³-hybridized carbons (Fsp3) is 0.471. The highest BCUT2D eigenvalue weighted by atomic mass is 32.1. The Hall–Kier alpha value is -3.60. The lowest BCUT2D eigenvalue weighted by Crippen LogP contribution is -2.53. The van der Waals surface area contributed by atoms with E-state index in [1.165, 1.54) is 5.56 Å². The molecule has 0 spiro atoms. The molecule has 1 saturated heterocycles. The van der Waals surface area contributed by atoms with Gasteiger partial charge in [0, 0.05) is 57.7 Å². The molecule has 3 aromatic rings. The number of hydrogen-bond acceptors (Lipinski definition) is 7. The van der Waals surface area contributed by atoms with Gasteiger partial charge in [-0.1, -0.05) is 63.7 Å². The lowest BCUT2D eigenvalue weighted by molar-refractivity contribution is -0.129. The summed E-state index contributed by atoms with van der Waals surface area (Å²) in [5.74, 6) is -0.331. The fourth-order valence-corrected chi connectivity index (χ4v) is 6.24. The van der Waals surface area contributed by atoms with Gasteiger partial charge in [-0.2, -0.15) is 0 Å². The van der Waals surface area contributed by atoms with Gasteiger partial charge in [-0.05, 0) is 42.6 Å². The largest absolute Gasteiger partial charge is 0.350 e. The normalized spacial score (nSPS) is 15.6. The van der Waals surface area contributed by atoms with Crippen molar-refractivity contribution in [3.05, 3.63) is 76.8 Å². The number of nitrogens with one attached hydrogen (secondary N) is 3. The van der Waals surface area contributed by atoms with Crippen molar-refractivity contribution in [2.75, 3.05) is 46.3 Å². The zero-order chi connectivity index (χ0) is 31.6. The Morgan fingerprint density at radius 2 is 1.73 bits per heavy atom. The number of nitrogens with zero attached hydrogens (tertiary/aromatic N) is 3. The highest BCUT2D eigenvalue weighted by Gasteiger charge is 2.26. The lowest BCUT2D eigenvalue weighted by Gasteiger charge is -2.32. The van der Waals surface area contributed by atoms with Crippen LogP contribution in [0, 0.1) is 0 Å². The van der Waals surface area contributed by atoms with Crippen molar-refractivity contribution in [1.29, 1.82) is 0 Å². The first-order valence-electron chi connectivity index (χ1n) is 15.5. The van der Waals surface area contributed by atoms with Crippen LogP contribution in [0.1, 0.15) is 49.2 Å². The van der Waals surface area contributed by atoms with E-state index in [0.29, 0.717) is 24.5 Å². The quantitative estimate of drug-likeness (QED) is 0.239. The third-order valence-electron chi connectivity index (χ3n) is 7.99. The Bertz CT molecular complexity index is 1430. The second kappa shape index (κ2) is 15.9. The van der Waals surface area contributed by atoms with Crippen LogP contribution in [0.15, 0.2) is 60.7 Å². The van der Waals surface area contributed by atoms with E-state index in [2.05, 4.69) is 65.4 Å². The Labute approximate surface area is 265 Å². The van der Waals surface area contributed by atoms with Gasteiger partial charge in [-0.15, -0.1) is 11.3 Å². The minimum atomic E-state index is -0.797. The predicted molar refractivity (Wildman–Crippen MR) is 178 cm³/mol. The van der Waals surface area contributed by atoms with Crippen LogP contribution in [0.3, 0.4) is 0 Å². The van der Waals surface area contributed by atoms with Gasteiger partial charge >= 0.3 is 0 Å². The highest BCUT2D eigenvalue weighted by Crippen LogP contribution is 2.27. The zero-order valence-corrected chi connectivity index (χ0v) is 27.2. The van der Waals surface area contributed by atoms with Crippen LogP contribution in [0.4, 0.5) is 0 Å². The molecule has 2 atom stereocenters. The molecule has 0 aliphatic carbocycles. The number of likely N-dealkylation sites (N-methyl/N-ethyl adjacent to an activating group) is 1. The molecule has 1 fully saturated rings. The first-order chi connectivity index (χ1) is 21.1. The van der Waals surface area contributed by atoms with Gasteiger partial charge in [0.2, 0.25) is 17.7 Å². The molecule has 9 nitrogen and oxygen atoms in total. The van der Waals surface area contributed by atoms with Crippen molar-refractivity contribution in [3.8, 4) is 0 Å². The fourth-order valence-electron chi connectivity index (χ4n) is 5.18.